The first-order valence-electron chi connectivity index (χ1n) is 10.1. The van der Waals surface area contributed by atoms with E-state index in [1.807, 2.05) is 0 Å². The van der Waals surface area contributed by atoms with Gasteiger partial charge in [0.1, 0.15) is 21.7 Å². The van der Waals surface area contributed by atoms with E-state index in [2.05, 4.69) is 10.4 Å². The van der Waals surface area contributed by atoms with E-state index in [0.717, 1.165) is 27.5 Å². The Morgan fingerprint density at radius 3 is 2.47 bits per heavy atom. The monoisotopic (exact) mass is 491 g/mol. The highest BCUT2D eigenvalue weighted by atomic mass is 32.1. The molecule has 1 N–H and O–H groups in total. The number of aromatic nitrogens is 2. The summed E-state index contributed by atoms with van der Waals surface area (Å²) in [6.07, 6.45) is -4.66. The summed E-state index contributed by atoms with van der Waals surface area (Å²) in [7, 11) is 1.34. The number of aryl methyl sites for hydroxylation is 1. The molecule has 0 saturated carbocycles. The predicted octanol–water partition coefficient (Wildman–Crippen LogP) is 6.12. The molecule has 1 aromatic carbocycles. The third kappa shape index (κ3) is 4.69. The van der Waals surface area contributed by atoms with Crippen LogP contribution in [0.2, 0.25) is 0 Å². The number of amides is 1. The molecule has 4 aromatic rings. The lowest BCUT2D eigenvalue weighted by atomic mass is 10.1. The van der Waals surface area contributed by atoms with Crippen molar-refractivity contribution in [2.45, 2.75) is 32.5 Å². The fourth-order valence-corrected chi connectivity index (χ4v) is 4.22. The van der Waals surface area contributed by atoms with Gasteiger partial charge >= 0.3 is 12.1 Å². The highest BCUT2D eigenvalue weighted by Crippen LogP contribution is 2.39. The van der Waals surface area contributed by atoms with E-state index >= 15 is 0 Å². The van der Waals surface area contributed by atoms with Crippen molar-refractivity contribution in [1.82, 2.24) is 9.78 Å². The van der Waals surface area contributed by atoms with Crippen molar-refractivity contribution < 1.29 is 31.9 Å². The highest BCUT2D eigenvalue weighted by molar-refractivity contribution is 7.15. The third-order valence-electron chi connectivity index (χ3n) is 4.72. The number of benzene rings is 1. The zero-order valence-corrected chi connectivity index (χ0v) is 19.4. The topological polar surface area (TPSA) is 86.4 Å². The van der Waals surface area contributed by atoms with Crippen molar-refractivity contribution in [3.63, 3.8) is 0 Å². The number of fused-ring (bicyclic) bond motifs is 1. The summed E-state index contributed by atoms with van der Waals surface area (Å²) in [6, 6.07) is 9.47. The number of nitrogens with one attached hydrogen (secondary N) is 1. The summed E-state index contributed by atoms with van der Waals surface area (Å²) in [4.78, 5) is 25.9. The number of furan rings is 1. The first-order chi connectivity index (χ1) is 15.8. The van der Waals surface area contributed by atoms with Gasteiger partial charge in [0, 0.05) is 23.4 Å². The van der Waals surface area contributed by atoms with E-state index in [9.17, 15) is 22.8 Å². The van der Waals surface area contributed by atoms with Crippen LogP contribution in [-0.2, 0) is 18.0 Å². The van der Waals surface area contributed by atoms with Crippen LogP contribution in [0.5, 0.6) is 0 Å². The number of halogens is 3. The Hall–Kier alpha value is -3.60. The number of esters is 1. The number of anilines is 1. The standard InChI is InChI=1S/C23H20F3N3O4S/c1-22(2,3)33-21(31)18-13(14-10-17(23(24,25)26)28-29(14)4)11-34-20(18)27-19(30)16-9-12-7-5-6-8-15(12)32-16/h5-11H,1-4H3,(H,27,30). The summed E-state index contributed by atoms with van der Waals surface area (Å²) in [6.45, 7) is 4.99. The Labute approximate surface area is 196 Å². The van der Waals surface area contributed by atoms with Crippen molar-refractivity contribution in [3.8, 4) is 11.3 Å². The fourth-order valence-electron chi connectivity index (χ4n) is 3.29. The molecule has 178 valence electrons. The lowest BCUT2D eigenvalue weighted by Crippen LogP contribution is -2.25. The van der Waals surface area contributed by atoms with Crippen LogP contribution in [0.3, 0.4) is 0 Å². The van der Waals surface area contributed by atoms with Crippen LogP contribution >= 0.6 is 11.3 Å². The number of nitrogens with zero attached hydrogens (tertiary/aromatic N) is 2. The van der Waals surface area contributed by atoms with Gasteiger partial charge in [-0.25, -0.2) is 4.79 Å². The first-order valence-corrected chi connectivity index (χ1v) is 11.0. The molecule has 0 spiro atoms. The van der Waals surface area contributed by atoms with Crippen molar-refractivity contribution in [1.29, 1.82) is 0 Å². The minimum atomic E-state index is -4.66. The van der Waals surface area contributed by atoms with Gasteiger partial charge in [-0.05, 0) is 39.0 Å². The summed E-state index contributed by atoms with van der Waals surface area (Å²) >= 11 is 0.984. The normalized spacial score (nSPS) is 12.2. The number of carbonyl (C=O) groups is 2. The molecule has 0 saturated heterocycles. The Morgan fingerprint density at radius 2 is 1.85 bits per heavy atom. The number of hydrogen-bond acceptors (Lipinski definition) is 6. The van der Waals surface area contributed by atoms with Crippen LogP contribution in [-0.4, -0.2) is 27.3 Å². The molecule has 0 atom stereocenters. The molecule has 11 heteroatoms. The summed E-state index contributed by atoms with van der Waals surface area (Å²) in [5.41, 5.74) is -1.32. The summed E-state index contributed by atoms with van der Waals surface area (Å²) in [5, 5.41) is 8.47. The molecular formula is C23H20F3N3O4S. The maximum atomic E-state index is 13.2. The second-order valence-corrected chi connectivity index (χ2v) is 9.37. The van der Waals surface area contributed by atoms with Crippen LogP contribution in [0.1, 0.15) is 47.4 Å². The van der Waals surface area contributed by atoms with Crippen molar-refractivity contribution in [3.05, 3.63) is 58.8 Å². The Kier molecular flexibility index (Phi) is 5.76. The molecule has 0 bridgehead atoms. The van der Waals surface area contributed by atoms with Gasteiger partial charge in [-0.15, -0.1) is 11.3 Å². The maximum absolute atomic E-state index is 13.2. The van der Waals surface area contributed by atoms with Gasteiger partial charge < -0.3 is 14.5 Å². The number of carbonyl (C=O) groups excluding carboxylic acids is 2. The molecule has 1 amide bonds. The smallest absolute Gasteiger partial charge is 0.435 e. The van der Waals surface area contributed by atoms with Gasteiger partial charge in [0.05, 0.1) is 5.69 Å². The lowest BCUT2D eigenvalue weighted by Gasteiger charge is -2.20. The Morgan fingerprint density at radius 1 is 1.15 bits per heavy atom. The SMILES string of the molecule is Cn1nc(C(F)(F)F)cc1-c1csc(NC(=O)c2cc3ccccc3o2)c1C(=O)OC(C)(C)C. The molecule has 0 radical (unpaired) electrons. The zero-order chi connectivity index (χ0) is 24.8. The van der Waals surface area contributed by atoms with E-state index in [-0.39, 0.29) is 27.6 Å². The lowest BCUT2D eigenvalue weighted by molar-refractivity contribution is -0.141. The first kappa shape index (κ1) is 23.6. The van der Waals surface area contributed by atoms with E-state index in [1.54, 1.807) is 51.1 Å². The van der Waals surface area contributed by atoms with E-state index in [0.29, 0.717) is 5.58 Å². The maximum Gasteiger partial charge on any atom is 0.435 e. The zero-order valence-electron chi connectivity index (χ0n) is 18.6. The fraction of sp³-hybridized carbons (Fsp3) is 0.261. The summed E-state index contributed by atoms with van der Waals surface area (Å²) in [5.74, 6) is -1.39. The minimum absolute atomic E-state index is 0.0196. The van der Waals surface area contributed by atoms with Gasteiger partial charge in [0.2, 0.25) is 0 Å². The number of hydrogen-bond donors (Lipinski definition) is 1. The molecule has 0 unspecified atom stereocenters. The van der Waals surface area contributed by atoms with Crippen LogP contribution in [0.25, 0.3) is 22.2 Å². The third-order valence-corrected chi connectivity index (χ3v) is 5.61. The molecule has 3 aromatic heterocycles. The van der Waals surface area contributed by atoms with Gasteiger partial charge in [0.25, 0.3) is 5.91 Å². The molecule has 34 heavy (non-hydrogen) atoms. The molecule has 0 fully saturated rings. The number of rotatable bonds is 4. The Balaban J connectivity index is 1.76. The molecule has 4 rings (SSSR count). The number of ether oxygens (including phenoxy) is 1. The van der Waals surface area contributed by atoms with Crippen LogP contribution < -0.4 is 5.32 Å². The number of thiophene rings is 1. The van der Waals surface area contributed by atoms with Crippen LogP contribution in [0, 0.1) is 0 Å². The van der Waals surface area contributed by atoms with Gasteiger partial charge in [-0.3, -0.25) is 9.48 Å². The quantitative estimate of drug-likeness (QED) is 0.348. The second-order valence-electron chi connectivity index (χ2n) is 8.49. The van der Waals surface area contributed by atoms with Gasteiger partial charge in [-0.1, -0.05) is 18.2 Å². The van der Waals surface area contributed by atoms with Crippen molar-refractivity contribution in [2.75, 3.05) is 5.32 Å². The Bertz CT molecular complexity index is 1360. The average molecular weight is 491 g/mol. The van der Waals surface area contributed by atoms with Crippen LogP contribution in [0.15, 0.2) is 46.2 Å². The largest absolute Gasteiger partial charge is 0.456 e. The number of para-hydroxylation sites is 1. The molecule has 7 nitrogen and oxygen atoms in total. The molecule has 3 heterocycles. The molecule has 0 aliphatic heterocycles. The molecular weight excluding hydrogens is 471 g/mol. The average Bonchev–Trinajstić information content (AvgIpc) is 3.42. The summed E-state index contributed by atoms with van der Waals surface area (Å²) < 4.78 is 51.7. The van der Waals surface area contributed by atoms with E-state index < -0.39 is 29.3 Å². The second kappa shape index (κ2) is 8.32. The molecule has 0 aliphatic carbocycles. The van der Waals surface area contributed by atoms with E-state index in [1.165, 1.54) is 12.4 Å². The van der Waals surface area contributed by atoms with Crippen molar-refractivity contribution >= 4 is 39.2 Å². The number of alkyl halides is 3. The van der Waals surface area contributed by atoms with Crippen molar-refractivity contribution in [2.24, 2.45) is 7.05 Å². The highest BCUT2D eigenvalue weighted by Gasteiger charge is 2.36. The predicted molar refractivity (Wildman–Crippen MR) is 121 cm³/mol. The van der Waals surface area contributed by atoms with Gasteiger partial charge in [0.15, 0.2) is 11.5 Å². The van der Waals surface area contributed by atoms with E-state index in [4.69, 9.17) is 9.15 Å². The van der Waals surface area contributed by atoms with Crippen LogP contribution in [0.4, 0.5) is 18.2 Å². The molecule has 0 aliphatic rings. The minimum Gasteiger partial charge on any atom is -0.456 e. The van der Waals surface area contributed by atoms with Gasteiger partial charge in [-0.2, -0.15) is 18.3 Å².